The van der Waals surface area contributed by atoms with Crippen LogP contribution in [0, 0.1) is 0 Å². The van der Waals surface area contributed by atoms with Crippen molar-refractivity contribution >= 4 is 5.82 Å². The van der Waals surface area contributed by atoms with Crippen LogP contribution < -0.4 is 11.1 Å². The molecule has 2 aromatic heterocycles. The highest BCUT2D eigenvalue weighted by molar-refractivity contribution is 5.79. The first-order chi connectivity index (χ1) is 15.7. The van der Waals surface area contributed by atoms with Crippen molar-refractivity contribution in [1.29, 1.82) is 0 Å². The van der Waals surface area contributed by atoms with Crippen molar-refractivity contribution in [1.82, 2.24) is 15.3 Å². The van der Waals surface area contributed by atoms with Gasteiger partial charge in [0.1, 0.15) is 5.82 Å². The third-order valence-corrected chi connectivity index (χ3v) is 6.50. The van der Waals surface area contributed by atoms with Gasteiger partial charge in [-0.05, 0) is 72.2 Å². The molecule has 4 heterocycles. The minimum Gasteiger partial charge on any atom is -0.383 e. The minimum atomic E-state index is 0.179. The Bertz CT molecular complexity index is 1070. The van der Waals surface area contributed by atoms with Crippen LogP contribution in [0.5, 0.6) is 0 Å². The van der Waals surface area contributed by atoms with Gasteiger partial charge in [-0.25, -0.2) is 4.98 Å². The number of pyridine rings is 2. The fraction of sp³-hybridized carbons (Fsp3) is 0.385. The number of hydrogen-bond donors (Lipinski definition) is 2. The van der Waals surface area contributed by atoms with E-state index in [1.54, 1.807) is 12.4 Å². The van der Waals surface area contributed by atoms with Gasteiger partial charge in [-0.15, -0.1) is 0 Å². The fourth-order valence-corrected chi connectivity index (χ4v) is 4.81. The summed E-state index contributed by atoms with van der Waals surface area (Å²) in [7, 11) is 0. The molecule has 2 atom stereocenters. The Balaban J connectivity index is 1.55. The molecule has 1 aromatic carbocycles. The zero-order valence-corrected chi connectivity index (χ0v) is 18.5. The maximum atomic E-state index is 6.21. The number of nitrogens with two attached hydrogens (primary N) is 1. The molecule has 0 amide bonds. The monoisotopic (exact) mass is 430 g/mol. The van der Waals surface area contributed by atoms with Crippen LogP contribution in [0.3, 0.4) is 0 Å². The van der Waals surface area contributed by atoms with E-state index in [9.17, 15) is 0 Å². The first kappa shape index (κ1) is 21.1. The van der Waals surface area contributed by atoms with Gasteiger partial charge in [0.15, 0.2) is 0 Å². The summed E-state index contributed by atoms with van der Waals surface area (Å²) in [6.07, 6.45) is 7.53. The summed E-state index contributed by atoms with van der Waals surface area (Å²) in [6, 6.07) is 13.4. The standard InChI is InChI=1S/C26H30N4O2/c1-17-15-32-16-25(30-17)24-12-20(2-3-22(24)19-6-10-31-11-7-19)21-13-23(26(27)29-14-21)18-4-8-28-9-5-18/h2-5,8-9,12-14,17,19,25,30H,6-7,10-11,15-16H2,1H3,(H2,27,29)/t17-,25-/m0/s1. The molecule has 166 valence electrons. The van der Waals surface area contributed by atoms with Crippen LogP contribution in [0.4, 0.5) is 5.82 Å². The summed E-state index contributed by atoms with van der Waals surface area (Å²) < 4.78 is 11.5. The molecule has 0 spiro atoms. The maximum absolute atomic E-state index is 6.21. The van der Waals surface area contributed by atoms with Crippen LogP contribution >= 0.6 is 0 Å². The van der Waals surface area contributed by atoms with E-state index in [1.165, 1.54) is 11.1 Å². The van der Waals surface area contributed by atoms with Crippen molar-refractivity contribution in [3.63, 3.8) is 0 Å². The molecule has 2 aliphatic rings. The minimum absolute atomic E-state index is 0.179. The molecule has 0 bridgehead atoms. The van der Waals surface area contributed by atoms with E-state index in [2.05, 4.69) is 46.5 Å². The number of rotatable bonds is 4. The first-order valence-corrected chi connectivity index (χ1v) is 11.4. The number of benzene rings is 1. The first-order valence-electron chi connectivity index (χ1n) is 11.4. The average molecular weight is 431 g/mol. The van der Waals surface area contributed by atoms with Gasteiger partial charge in [0.05, 0.1) is 19.3 Å². The number of hydrogen-bond acceptors (Lipinski definition) is 6. The van der Waals surface area contributed by atoms with Gasteiger partial charge >= 0.3 is 0 Å². The van der Waals surface area contributed by atoms with Crippen LogP contribution in [-0.4, -0.2) is 42.4 Å². The zero-order chi connectivity index (χ0) is 21.9. The topological polar surface area (TPSA) is 82.3 Å². The highest BCUT2D eigenvalue weighted by atomic mass is 16.5. The highest BCUT2D eigenvalue weighted by Crippen LogP contribution is 2.37. The number of anilines is 1. The van der Waals surface area contributed by atoms with E-state index in [0.29, 0.717) is 24.4 Å². The van der Waals surface area contributed by atoms with Gasteiger partial charge in [-0.3, -0.25) is 4.98 Å². The average Bonchev–Trinajstić information content (AvgIpc) is 2.85. The van der Waals surface area contributed by atoms with Crippen LogP contribution in [-0.2, 0) is 9.47 Å². The van der Waals surface area contributed by atoms with Crippen LogP contribution in [0.1, 0.15) is 42.9 Å². The van der Waals surface area contributed by atoms with Gasteiger partial charge in [0, 0.05) is 49.0 Å². The summed E-state index contributed by atoms with van der Waals surface area (Å²) in [4.78, 5) is 8.61. The molecule has 2 saturated heterocycles. The van der Waals surface area contributed by atoms with E-state index >= 15 is 0 Å². The summed E-state index contributed by atoms with van der Waals surface area (Å²) in [5.74, 6) is 1.04. The maximum Gasteiger partial charge on any atom is 0.131 e. The van der Waals surface area contributed by atoms with Crippen molar-refractivity contribution in [2.24, 2.45) is 0 Å². The fourth-order valence-electron chi connectivity index (χ4n) is 4.81. The lowest BCUT2D eigenvalue weighted by Gasteiger charge is -2.33. The molecule has 6 heteroatoms. The second-order valence-electron chi connectivity index (χ2n) is 8.78. The van der Waals surface area contributed by atoms with E-state index in [1.807, 2.05) is 18.3 Å². The summed E-state index contributed by atoms with van der Waals surface area (Å²) >= 11 is 0. The van der Waals surface area contributed by atoms with Crippen molar-refractivity contribution in [3.05, 3.63) is 66.1 Å². The van der Waals surface area contributed by atoms with E-state index in [4.69, 9.17) is 15.2 Å². The third kappa shape index (κ3) is 4.39. The second kappa shape index (κ2) is 9.36. The lowest BCUT2D eigenvalue weighted by atomic mass is 9.84. The number of nitrogens with one attached hydrogen (secondary N) is 1. The Kier molecular flexibility index (Phi) is 6.17. The lowest BCUT2D eigenvalue weighted by Crippen LogP contribution is -2.42. The van der Waals surface area contributed by atoms with Crippen LogP contribution in [0.2, 0.25) is 0 Å². The molecule has 0 saturated carbocycles. The Hall–Kier alpha value is -2.80. The molecule has 2 aliphatic heterocycles. The number of nitrogen functional groups attached to an aromatic ring is 1. The number of nitrogens with zero attached hydrogens (tertiary/aromatic N) is 2. The summed E-state index contributed by atoms with van der Waals surface area (Å²) in [5.41, 5.74) is 13.1. The Morgan fingerprint density at radius 2 is 1.72 bits per heavy atom. The second-order valence-corrected chi connectivity index (χ2v) is 8.78. The normalized spacial score (nSPS) is 22.0. The Labute approximate surface area is 189 Å². The number of aromatic nitrogens is 2. The Morgan fingerprint density at radius 3 is 2.50 bits per heavy atom. The predicted molar refractivity (Wildman–Crippen MR) is 126 cm³/mol. The molecular formula is C26H30N4O2. The molecule has 0 aliphatic carbocycles. The molecule has 3 N–H and O–H groups in total. The molecule has 2 fully saturated rings. The van der Waals surface area contributed by atoms with Crippen molar-refractivity contribution in [3.8, 4) is 22.3 Å². The quantitative estimate of drug-likeness (QED) is 0.641. The van der Waals surface area contributed by atoms with Crippen LogP contribution in [0.25, 0.3) is 22.3 Å². The Morgan fingerprint density at radius 1 is 0.906 bits per heavy atom. The molecular weight excluding hydrogens is 400 g/mol. The van der Waals surface area contributed by atoms with Crippen molar-refractivity contribution in [2.75, 3.05) is 32.2 Å². The third-order valence-electron chi connectivity index (χ3n) is 6.50. The zero-order valence-electron chi connectivity index (χ0n) is 18.5. The molecule has 3 aromatic rings. The van der Waals surface area contributed by atoms with Crippen molar-refractivity contribution in [2.45, 2.75) is 37.8 Å². The van der Waals surface area contributed by atoms with Gasteiger partial charge in [0.2, 0.25) is 0 Å². The summed E-state index contributed by atoms with van der Waals surface area (Å²) in [5, 5.41) is 3.74. The van der Waals surface area contributed by atoms with Gasteiger partial charge in [-0.1, -0.05) is 12.1 Å². The number of morpholine rings is 1. The highest BCUT2D eigenvalue weighted by Gasteiger charge is 2.27. The van der Waals surface area contributed by atoms with Crippen LogP contribution in [0.15, 0.2) is 55.0 Å². The van der Waals surface area contributed by atoms with Gasteiger partial charge < -0.3 is 20.5 Å². The van der Waals surface area contributed by atoms with Gasteiger partial charge in [-0.2, -0.15) is 0 Å². The number of ether oxygens (including phenoxy) is 2. The molecule has 5 rings (SSSR count). The smallest absolute Gasteiger partial charge is 0.131 e. The van der Waals surface area contributed by atoms with E-state index < -0.39 is 0 Å². The molecule has 6 nitrogen and oxygen atoms in total. The van der Waals surface area contributed by atoms with E-state index in [0.717, 1.165) is 54.9 Å². The summed E-state index contributed by atoms with van der Waals surface area (Å²) in [6.45, 7) is 5.27. The lowest BCUT2D eigenvalue weighted by molar-refractivity contribution is 0.0493. The SMILES string of the molecule is C[C@H]1COC[C@@H](c2cc(-c3cnc(N)c(-c4ccncc4)c3)ccc2C2CCOCC2)N1. The van der Waals surface area contributed by atoms with Gasteiger partial charge in [0.25, 0.3) is 0 Å². The van der Waals surface area contributed by atoms with E-state index in [-0.39, 0.29) is 6.04 Å². The van der Waals surface area contributed by atoms with Crippen molar-refractivity contribution < 1.29 is 9.47 Å². The molecule has 0 radical (unpaired) electrons. The molecule has 0 unspecified atom stereocenters. The largest absolute Gasteiger partial charge is 0.383 e. The molecule has 32 heavy (non-hydrogen) atoms. The predicted octanol–water partition coefficient (Wildman–Crippen LogP) is 4.34.